The summed E-state index contributed by atoms with van der Waals surface area (Å²) in [6, 6.07) is 14.8. The second-order valence-corrected chi connectivity index (χ2v) is 18.2. The summed E-state index contributed by atoms with van der Waals surface area (Å²) < 4.78 is 36.4. The minimum Gasteiger partial charge on any atom is -0.459 e. The highest BCUT2D eigenvalue weighted by molar-refractivity contribution is 7.91. The Bertz CT molecular complexity index is 1990. The summed E-state index contributed by atoms with van der Waals surface area (Å²) in [4.78, 5) is 49.6. The number of ketones is 1. The van der Waals surface area contributed by atoms with E-state index in [-0.39, 0.29) is 43.0 Å². The van der Waals surface area contributed by atoms with Crippen LogP contribution < -0.4 is 14.8 Å². The number of rotatable bonds is 8. The second kappa shape index (κ2) is 14.0. The Kier molecular flexibility index (Phi) is 9.73. The van der Waals surface area contributed by atoms with E-state index in [1.165, 1.54) is 0 Å². The van der Waals surface area contributed by atoms with Gasteiger partial charge in [0, 0.05) is 24.6 Å². The van der Waals surface area contributed by atoms with Gasteiger partial charge in [0.05, 0.1) is 33.8 Å². The van der Waals surface area contributed by atoms with Gasteiger partial charge in [-0.15, -0.1) is 0 Å². The number of nitrogens with one attached hydrogen (secondary N) is 2. The van der Waals surface area contributed by atoms with Gasteiger partial charge in [-0.25, -0.2) is 8.42 Å². The fraction of sp³-hybridized carbons (Fsp3) is 0.550. The number of Topliss-reactive ketones (excluding diaryl/α,β-unsaturated/α-hetero) is 1. The molecule has 0 radical (unpaired) electrons. The summed E-state index contributed by atoms with van der Waals surface area (Å²) in [5.74, 6) is -1.34. The molecule has 3 aromatic rings. The van der Waals surface area contributed by atoms with Gasteiger partial charge in [0.2, 0.25) is 21.8 Å². The van der Waals surface area contributed by atoms with Gasteiger partial charge in [-0.05, 0) is 102 Å². The maximum absolute atomic E-state index is 14.6. The Morgan fingerprint density at radius 2 is 1.83 bits per heavy atom. The minimum atomic E-state index is -3.90. The zero-order chi connectivity index (χ0) is 36.8. The molecule has 5 atom stereocenters. The highest BCUT2D eigenvalue weighted by Gasteiger charge is 2.62. The highest BCUT2D eigenvalue weighted by atomic mass is 32.2. The number of carbonyl (C=O) groups excluding carboxylic acids is 3. The molecule has 2 aliphatic heterocycles. The van der Waals surface area contributed by atoms with Crippen LogP contribution in [0.1, 0.15) is 96.6 Å². The molecule has 3 fully saturated rings. The molecule has 4 aliphatic rings. The van der Waals surface area contributed by atoms with Gasteiger partial charge < -0.3 is 15.0 Å². The van der Waals surface area contributed by atoms with Crippen molar-refractivity contribution in [1.82, 2.24) is 19.2 Å². The van der Waals surface area contributed by atoms with Crippen LogP contribution in [0, 0.1) is 18.3 Å². The third kappa shape index (κ3) is 7.10. The van der Waals surface area contributed by atoms with Gasteiger partial charge in [0.1, 0.15) is 12.1 Å². The van der Waals surface area contributed by atoms with E-state index in [4.69, 9.17) is 9.72 Å². The van der Waals surface area contributed by atoms with Crippen molar-refractivity contribution in [2.24, 2.45) is 11.3 Å². The molecule has 52 heavy (non-hydrogen) atoms. The number of carbonyl (C=O) groups is 3. The van der Waals surface area contributed by atoms with E-state index in [0.717, 1.165) is 48.0 Å². The van der Waals surface area contributed by atoms with E-state index in [2.05, 4.69) is 30.0 Å². The number of para-hydroxylation sites is 1. The summed E-state index contributed by atoms with van der Waals surface area (Å²) >= 11 is 0. The number of aromatic nitrogens is 2. The van der Waals surface area contributed by atoms with Gasteiger partial charge in [-0.2, -0.15) is 4.98 Å². The minimum absolute atomic E-state index is 0.0460. The van der Waals surface area contributed by atoms with E-state index in [1.54, 1.807) is 11.8 Å². The molecule has 11 nitrogen and oxygen atoms in total. The predicted molar refractivity (Wildman–Crippen MR) is 200 cm³/mol. The van der Waals surface area contributed by atoms with Crippen LogP contribution in [0.25, 0.3) is 11.0 Å². The predicted octanol–water partition coefficient (Wildman–Crippen LogP) is 6.24. The number of anilines is 1. The average molecular weight is 730 g/mol. The monoisotopic (exact) mass is 729 g/mol. The third-order valence-electron chi connectivity index (χ3n) is 11.6. The highest BCUT2D eigenvalue weighted by Crippen LogP contribution is 2.57. The molecule has 2 N–H and O–H groups in total. The average Bonchev–Trinajstić information content (AvgIpc) is 3.92. The Balaban J connectivity index is 1.21. The van der Waals surface area contributed by atoms with Crippen molar-refractivity contribution in [3.05, 3.63) is 66.2 Å². The maximum Gasteiger partial charge on any atom is 0.297 e. The maximum atomic E-state index is 14.6. The molecule has 1 aromatic heterocycles. The van der Waals surface area contributed by atoms with E-state index >= 15 is 0 Å². The smallest absolute Gasteiger partial charge is 0.297 e. The van der Waals surface area contributed by atoms with Gasteiger partial charge in [-0.3, -0.25) is 23.7 Å². The first kappa shape index (κ1) is 36.2. The van der Waals surface area contributed by atoms with Crippen molar-refractivity contribution in [2.75, 3.05) is 11.9 Å². The standard InChI is InChI=1S/C40H51N5O6S/c1-26(2)45-33-18-17-27(3)21-32(33)42-38(45)51-30-22-34-35(46)24-40(37(48)43-52(49,50)39(4)19-20-39)23-28(40)13-9-6-5-7-12-16-31(36(47)44(34)25-30)41-29-14-10-8-11-15-29/h8-11,13-15,17-18,21,26,28,30-31,34,41H,5-7,12,16,19-20,22-25H2,1-4H3,(H,43,48)/b13-9-/t28-,30-,31+,34+,40-/m1/s1. The molecule has 278 valence electrons. The lowest BCUT2D eigenvalue weighted by Gasteiger charge is -2.30. The number of hydrogen-bond donors (Lipinski definition) is 2. The fourth-order valence-electron chi connectivity index (χ4n) is 7.94. The molecule has 0 bridgehead atoms. The first-order chi connectivity index (χ1) is 24.8. The number of ether oxygens (including phenoxy) is 1. The number of sulfonamides is 1. The lowest BCUT2D eigenvalue weighted by Crippen LogP contribution is -2.49. The number of nitrogens with zero attached hydrogens (tertiary/aromatic N) is 3. The molecule has 7 rings (SSSR count). The van der Waals surface area contributed by atoms with Crippen LogP contribution in [-0.2, 0) is 24.4 Å². The summed E-state index contributed by atoms with van der Waals surface area (Å²) in [6.45, 7) is 7.96. The molecule has 0 unspecified atom stereocenters. The van der Waals surface area contributed by atoms with Crippen LogP contribution in [0.3, 0.4) is 0 Å². The number of benzene rings is 2. The van der Waals surface area contributed by atoms with Crippen molar-refractivity contribution < 1.29 is 27.5 Å². The number of aryl methyl sites for hydroxylation is 1. The molecule has 3 heterocycles. The number of hydrogen-bond acceptors (Lipinski definition) is 8. The van der Waals surface area contributed by atoms with Crippen molar-refractivity contribution >= 4 is 44.3 Å². The molecule has 2 amide bonds. The van der Waals surface area contributed by atoms with Crippen LogP contribution >= 0.6 is 0 Å². The van der Waals surface area contributed by atoms with Crippen LogP contribution in [0.2, 0.25) is 0 Å². The van der Waals surface area contributed by atoms with Crippen molar-refractivity contribution in [3.63, 3.8) is 0 Å². The van der Waals surface area contributed by atoms with Crippen LogP contribution in [0.4, 0.5) is 5.69 Å². The van der Waals surface area contributed by atoms with E-state index in [0.29, 0.717) is 31.7 Å². The summed E-state index contributed by atoms with van der Waals surface area (Å²) in [5.41, 5.74) is 2.47. The van der Waals surface area contributed by atoms with E-state index < -0.39 is 44.3 Å². The SMILES string of the molecule is Cc1ccc2c(c1)nc(O[C@@H]1C[C@H]3C(=O)C[C@]4(C(=O)NS(=O)(=O)C5(C)CC5)C[C@H]4/C=C\CCCCC[C@H](Nc4ccccc4)C(=O)N3C1)n2C(C)C. The Labute approximate surface area is 306 Å². The van der Waals surface area contributed by atoms with E-state index in [1.807, 2.05) is 66.1 Å². The second-order valence-electron chi connectivity index (χ2n) is 16.0. The molecule has 0 spiro atoms. The molecule has 2 saturated carbocycles. The summed E-state index contributed by atoms with van der Waals surface area (Å²) in [7, 11) is -3.90. The fourth-order valence-corrected chi connectivity index (χ4v) is 9.27. The first-order valence-corrected chi connectivity index (χ1v) is 20.3. The van der Waals surface area contributed by atoms with Crippen molar-refractivity contribution in [2.45, 2.75) is 121 Å². The van der Waals surface area contributed by atoms with Gasteiger partial charge >= 0.3 is 0 Å². The Morgan fingerprint density at radius 3 is 2.56 bits per heavy atom. The van der Waals surface area contributed by atoms with Crippen LogP contribution in [0.5, 0.6) is 6.01 Å². The largest absolute Gasteiger partial charge is 0.459 e. The van der Waals surface area contributed by atoms with Crippen LogP contribution in [-0.4, -0.2) is 69.9 Å². The molecule has 2 aliphatic carbocycles. The lowest BCUT2D eigenvalue weighted by molar-refractivity contribution is -0.139. The summed E-state index contributed by atoms with van der Waals surface area (Å²) in [6.07, 6.45) is 8.99. The Morgan fingerprint density at radius 1 is 1.06 bits per heavy atom. The van der Waals surface area contributed by atoms with Gasteiger partial charge in [-0.1, -0.05) is 49.3 Å². The van der Waals surface area contributed by atoms with Crippen molar-refractivity contribution in [3.8, 4) is 6.01 Å². The van der Waals surface area contributed by atoms with Crippen LogP contribution in [0.15, 0.2) is 60.7 Å². The molecular weight excluding hydrogens is 679 g/mol. The molecule has 12 heteroatoms. The molecule has 1 saturated heterocycles. The summed E-state index contributed by atoms with van der Waals surface area (Å²) in [5, 5.41) is 3.45. The number of amides is 2. The molecular formula is C40H51N5O6S. The normalized spacial score (nSPS) is 28.4. The first-order valence-electron chi connectivity index (χ1n) is 18.8. The zero-order valence-electron chi connectivity index (χ0n) is 30.6. The van der Waals surface area contributed by atoms with Gasteiger partial charge in [0.25, 0.3) is 6.01 Å². The van der Waals surface area contributed by atoms with Crippen molar-refractivity contribution in [1.29, 1.82) is 0 Å². The Hall–Kier alpha value is -4.19. The quantitative estimate of drug-likeness (QED) is 0.260. The third-order valence-corrected chi connectivity index (χ3v) is 13.7. The topological polar surface area (TPSA) is 140 Å². The van der Waals surface area contributed by atoms with E-state index in [9.17, 15) is 22.8 Å². The van der Waals surface area contributed by atoms with Gasteiger partial charge in [0.15, 0.2) is 5.78 Å². The molecule has 2 aromatic carbocycles. The number of imidazole rings is 1. The number of allylic oxidation sites excluding steroid dienone is 2. The number of fused-ring (bicyclic) bond motifs is 3. The lowest BCUT2D eigenvalue weighted by atomic mass is 9.91. The zero-order valence-corrected chi connectivity index (χ0v) is 31.5.